The number of likely N-dealkylation sites (tertiary alicyclic amines) is 1. The van der Waals surface area contributed by atoms with Crippen molar-refractivity contribution < 1.29 is 0 Å². The van der Waals surface area contributed by atoms with Crippen molar-refractivity contribution in [2.45, 2.75) is 44.2 Å². The molecule has 1 N–H and O–H groups in total. The van der Waals surface area contributed by atoms with Gasteiger partial charge in [-0.2, -0.15) is 11.8 Å². The highest BCUT2D eigenvalue weighted by molar-refractivity contribution is 7.99. The predicted molar refractivity (Wildman–Crippen MR) is 71.1 cm³/mol. The molecule has 3 fully saturated rings. The smallest absolute Gasteiger partial charge is 0.00964 e. The molecule has 16 heavy (non-hydrogen) atoms. The summed E-state index contributed by atoms with van der Waals surface area (Å²) in [7, 11) is 0. The van der Waals surface area contributed by atoms with Gasteiger partial charge in [0, 0.05) is 12.1 Å². The molecule has 0 amide bonds. The number of thioether (sulfide) groups is 1. The van der Waals surface area contributed by atoms with Gasteiger partial charge in [0.15, 0.2) is 0 Å². The van der Waals surface area contributed by atoms with E-state index >= 15 is 0 Å². The fraction of sp³-hybridized carbons (Fsp3) is 1.00. The summed E-state index contributed by atoms with van der Waals surface area (Å²) < 4.78 is 0. The highest BCUT2D eigenvalue weighted by atomic mass is 32.2. The van der Waals surface area contributed by atoms with Gasteiger partial charge in [0.05, 0.1) is 0 Å². The van der Waals surface area contributed by atoms with E-state index in [1.807, 2.05) is 0 Å². The number of hydrogen-bond acceptors (Lipinski definition) is 3. The zero-order valence-corrected chi connectivity index (χ0v) is 11.0. The van der Waals surface area contributed by atoms with Crippen LogP contribution in [0.1, 0.15) is 32.1 Å². The van der Waals surface area contributed by atoms with Gasteiger partial charge in [0.2, 0.25) is 0 Å². The van der Waals surface area contributed by atoms with Gasteiger partial charge in [-0.1, -0.05) is 0 Å². The maximum absolute atomic E-state index is 3.80. The second-order valence-corrected chi connectivity index (χ2v) is 6.83. The molecule has 0 aromatic heterocycles. The first kappa shape index (κ1) is 11.4. The monoisotopic (exact) mass is 240 g/mol. The van der Waals surface area contributed by atoms with E-state index in [-0.39, 0.29) is 0 Å². The molecular weight excluding hydrogens is 216 g/mol. The minimum atomic E-state index is 0.820. The third-order valence-electron chi connectivity index (χ3n) is 4.31. The molecule has 3 heteroatoms. The van der Waals surface area contributed by atoms with E-state index in [0.29, 0.717) is 0 Å². The molecule has 0 bridgehead atoms. The van der Waals surface area contributed by atoms with Gasteiger partial charge in [0.1, 0.15) is 0 Å². The van der Waals surface area contributed by atoms with Crippen LogP contribution in [0.2, 0.25) is 0 Å². The van der Waals surface area contributed by atoms with Crippen LogP contribution in [0, 0.1) is 5.92 Å². The molecule has 2 heterocycles. The molecule has 2 saturated heterocycles. The molecule has 3 aliphatic rings. The van der Waals surface area contributed by atoms with E-state index in [1.165, 1.54) is 63.2 Å². The normalized spacial score (nSPS) is 33.4. The minimum absolute atomic E-state index is 0.820. The average molecular weight is 240 g/mol. The highest BCUT2D eigenvalue weighted by Crippen LogP contribution is 2.29. The van der Waals surface area contributed by atoms with Crippen LogP contribution in [-0.4, -0.2) is 48.1 Å². The lowest BCUT2D eigenvalue weighted by Crippen LogP contribution is -2.44. The van der Waals surface area contributed by atoms with Crippen LogP contribution in [0.4, 0.5) is 0 Å². The molecule has 0 aromatic carbocycles. The summed E-state index contributed by atoms with van der Waals surface area (Å²) in [5, 5.41) is 3.80. The van der Waals surface area contributed by atoms with Gasteiger partial charge < -0.3 is 10.2 Å². The number of piperidine rings is 1. The number of nitrogens with zero attached hydrogens (tertiary/aromatic N) is 1. The largest absolute Gasteiger partial charge is 0.314 e. The number of nitrogens with one attached hydrogen (secondary N) is 1. The highest BCUT2D eigenvalue weighted by Gasteiger charge is 2.31. The van der Waals surface area contributed by atoms with Crippen LogP contribution in [-0.2, 0) is 0 Å². The zero-order chi connectivity index (χ0) is 10.8. The molecule has 2 aliphatic heterocycles. The first-order chi connectivity index (χ1) is 7.92. The molecule has 1 atom stereocenters. The fourth-order valence-corrected chi connectivity index (χ4v) is 4.27. The molecule has 0 radical (unpaired) electrons. The lowest BCUT2D eigenvalue weighted by molar-refractivity contribution is 0.187. The SMILES string of the molecule is C1CC(CNC2CCN(C3CC3)CC2)CS1. The Kier molecular flexibility index (Phi) is 3.75. The van der Waals surface area contributed by atoms with Gasteiger partial charge in [-0.15, -0.1) is 0 Å². The Morgan fingerprint density at radius 1 is 1.06 bits per heavy atom. The lowest BCUT2D eigenvalue weighted by Gasteiger charge is -2.33. The Hall–Kier alpha value is 0.270. The third kappa shape index (κ3) is 2.93. The Morgan fingerprint density at radius 3 is 2.50 bits per heavy atom. The predicted octanol–water partition coefficient (Wildman–Crippen LogP) is 1.96. The van der Waals surface area contributed by atoms with E-state index in [1.54, 1.807) is 0 Å². The van der Waals surface area contributed by atoms with Crippen LogP contribution in [0.3, 0.4) is 0 Å². The van der Waals surface area contributed by atoms with E-state index in [9.17, 15) is 0 Å². The maximum atomic E-state index is 3.80. The van der Waals surface area contributed by atoms with E-state index < -0.39 is 0 Å². The molecule has 1 saturated carbocycles. The number of rotatable bonds is 4. The Labute approximate surface area is 104 Å². The summed E-state index contributed by atoms with van der Waals surface area (Å²) in [5.41, 5.74) is 0. The topological polar surface area (TPSA) is 15.3 Å². The summed E-state index contributed by atoms with van der Waals surface area (Å²) in [6.07, 6.45) is 7.15. The van der Waals surface area contributed by atoms with E-state index in [0.717, 1.165) is 18.0 Å². The molecule has 1 unspecified atom stereocenters. The zero-order valence-electron chi connectivity index (χ0n) is 10.2. The molecule has 3 rings (SSSR count). The average Bonchev–Trinajstić information content (AvgIpc) is 3.05. The standard InChI is InChI=1S/C13H24N2S/c1-2-13(1)15-6-3-12(4-7-15)14-9-11-5-8-16-10-11/h11-14H,1-10H2. The first-order valence-corrected chi connectivity index (χ1v) is 8.12. The van der Waals surface area contributed by atoms with Gasteiger partial charge in [-0.3, -0.25) is 0 Å². The maximum Gasteiger partial charge on any atom is 0.00964 e. The molecule has 0 spiro atoms. The van der Waals surface area contributed by atoms with Crippen LogP contribution in [0.15, 0.2) is 0 Å². The summed E-state index contributed by atoms with van der Waals surface area (Å²) in [5.74, 6) is 3.76. The molecular formula is C13H24N2S. The summed E-state index contributed by atoms with van der Waals surface area (Å²) >= 11 is 2.13. The van der Waals surface area contributed by atoms with Crippen molar-refractivity contribution in [3.05, 3.63) is 0 Å². The summed E-state index contributed by atoms with van der Waals surface area (Å²) in [6.45, 7) is 3.98. The second kappa shape index (κ2) is 5.28. The van der Waals surface area contributed by atoms with Crippen molar-refractivity contribution in [1.29, 1.82) is 0 Å². The molecule has 1 aliphatic carbocycles. The van der Waals surface area contributed by atoms with E-state index in [2.05, 4.69) is 22.0 Å². The van der Waals surface area contributed by atoms with Crippen LogP contribution < -0.4 is 5.32 Å². The van der Waals surface area contributed by atoms with Crippen molar-refractivity contribution in [3.63, 3.8) is 0 Å². The van der Waals surface area contributed by atoms with Crippen molar-refractivity contribution in [2.24, 2.45) is 5.92 Å². The Balaban J connectivity index is 1.33. The van der Waals surface area contributed by atoms with Crippen molar-refractivity contribution in [1.82, 2.24) is 10.2 Å². The van der Waals surface area contributed by atoms with Crippen LogP contribution in [0.25, 0.3) is 0 Å². The lowest BCUT2D eigenvalue weighted by atomic mass is 10.0. The fourth-order valence-electron chi connectivity index (χ4n) is 2.99. The van der Waals surface area contributed by atoms with E-state index in [4.69, 9.17) is 0 Å². The molecule has 0 aromatic rings. The van der Waals surface area contributed by atoms with Crippen molar-refractivity contribution >= 4 is 11.8 Å². The molecule has 92 valence electrons. The van der Waals surface area contributed by atoms with Gasteiger partial charge in [-0.05, 0) is 69.2 Å². The summed E-state index contributed by atoms with van der Waals surface area (Å²) in [4.78, 5) is 2.71. The second-order valence-electron chi connectivity index (χ2n) is 5.68. The Morgan fingerprint density at radius 2 is 1.88 bits per heavy atom. The van der Waals surface area contributed by atoms with Gasteiger partial charge in [-0.25, -0.2) is 0 Å². The quantitative estimate of drug-likeness (QED) is 0.809. The van der Waals surface area contributed by atoms with Crippen molar-refractivity contribution in [2.75, 3.05) is 31.1 Å². The Bertz CT molecular complexity index is 216. The van der Waals surface area contributed by atoms with Crippen LogP contribution in [0.5, 0.6) is 0 Å². The van der Waals surface area contributed by atoms with Gasteiger partial charge in [0.25, 0.3) is 0 Å². The number of hydrogen-bond donors (Lipinski definition) is 1. The molecule has 2 nitrogen and oxygen atoms in total. The van der Waals surface area contributed by atoms with Crippen molar-refractivity contribution in [3.8, 4) is 0 Å². The third-order valence-corrected chi connectivity index (χ3v) is 5.54. The first-order valence-electron chi connectivity index (χ1n) is 6.97. The van der Waals surface area contributed by atoms with Crippen LogP contribution >= 0.6 is 11.8 Å². The summed E-state index contributed by atoms with van der Waals surface area (Å²) in [6, 6.07) is 1.80. The minimum Gasteiger partial charge on any atom is -0.314 e. The van der Waals surface area contributed by atoms with Gasteiger partial charge >= 0.3 is 0 Å².